The molecule has 2 nitrogen and oxygen atoms in total. The van der Waals surface area contributed by atoms with Gasteiger partial charge in [-0.1, -0.05) is 24.1 Å². The fourth-order valence-corrected chi connectivity index (χ4v) is 2.70. The minimum atomic E-state index is -0.522. The number of hydrogen-bond acceptors (Lipinski definition) is 2. The van der Waals surface area contributed by atoms with Gasteiger partial charge in [-0.25, -0.2) is 4.39 Å². The first kappa shape index (κ1) is 15.1. The molecule has 3 rings (SSSR count). The zero-order valence-electron chi connectivity index (χ0n) is 13.2. The Hall–Kier alpha value is -1.83. The molecule has 1 aliphatic heterocycles. The van der Waals surface area contributed by atoms with Gasteiger partial charge in [0.05, 0.1) is 11.2 Å². The van der Waals surface area contributed by atoms with Crippen molar-refractivity contribution in [3.05, 3.63) is 41.7 Å². The summed E-state index contributed by atoms with van der Waals surface area (Å²) in [6.07, 6.45) is 5.56. The van der Waals surface area contributed by atoms with E-state index < -0.39 is 18.3 Å². The molecular weight excluding hydrogens is 278 g/mol. The molecule has 0 spiro atoms. The summed E-state index contributed by atoms with van der Waals surface area (Å²) in [5.41, 5.74) is 0.483. The van der Waals surface area contributed by atoms with Crippen molar-refractivity contribution in [3.8, 4) is 12.3 Å². The highest BCUT2D eigenvalue weighted by molar-refractivity contribution is 6.65. The van der Waals surface area contributed by atoms with E-state index in [2.05, 4.69) is 5.92 Å². The lowest BCUT2D eigenvalue weighted by molar-refractivity contribution is 0.00578. The highest BCUT2D eigenvalue weighted by atomic mass is 19.1. The van der Waals surface area contributed by atoms with E-state index in [0.717, 1.165) is 16.2 Å². The van der Waals surface area contributed by atoms with E-state index in [4.69, 9.17) is 15.7 Å². The lowest BCUT2D eigenvalue weighted by atomic mass is 9.75. The summed E-state index contributed by atoms with van der Waals surface area (Å²) in [6.45, 7) is 8.00. The summed E-state index contributed by atoms with van der Waals surface area (Å²) >= 11 is 0. The number of rotatable bonds is 1. The smallest absolute Gasteiger partial charge is 0.399 e. The Morgan fingerprint density at radius 3 is 2.32 bits per heavy atom. The van der Waals surface area contributed by atoms with Crippen LogP contribution in [0.15, 0.2) is 30.3 Å². The van der Waals surface area contributed by atoms with Crippen LogP contribution in [0, 0.1) is 18.2 Å². The molecule has 0 saturated carbocycles. The van der Waals surface area contributed by atoms with Crippen LogP contribution in [0.3, 0.4) is 0 Å². The maximum absolute atomic E-state index is 13.7. The fraction of sp³-hybridized carbons (Fsp3) is 0.333. The van der Waals surface area contributed by atoms with E-state index >= 15 is 0 Å². The molecule has 0 amide bonds. The van der Waals surface area contributed by atoms with Crippen LogP contribution in [0.5, 0.6) is 0 Å². The molecule has 0 atom stereocenters. The second-order valence-corrected chi connectivity index (χ2v) is 6.63. The van der Waals surface area contributed by atoms with Gasteiger partial charge in [-0.15, -0.1) is 6.42 Å². The normalized spacial score (nSPS) is 19.4. The Labute approximate surface area is 130 Å². The molecule has 0 aliphatic carbocycles. The van der Waals surface area contributed by atoms with Gasteiger partial charge >= 0.3 is 7.12 Å². The predicted molar refractivity (Wildman–Crippen MR) is 87.6 cm³/mol. The van der Waals surface area contributed by atoms with Gasteiger partial charge in [0.1, 0.15) is 5.82 Å². The topological polar surface area (TPSA) is 18.5 Å². The Balaban J connectivity index is 2.20. The summed E-state index contributed by atoms with van der Waals surface area (Å²) in [5.74, 6) is 2.22. The molecule has 1 aliphatic rings. The third-order valence-corrected chi connectivity index (χ3v) is 4.64. The van der Waals surface area contributed by atoms with Crippen LogP contribution < -0.4 is 5.46 Å². The average Bonchev–Trinajstić information content (AvgIpc) is 2.65. The summed E-state index contributed by atoms with van der Waals surface area (Å²) in [7, 11) is -0.522. The van der Waals surface area contributed by atoms with Crippen LogP contribution >= 0.6 is 0 Å². The maximum atomic E-state index is 13.7. The van der Waals surface area contributed by atoms with E-state index in [0.29, 0.717) is 5.56 Å². The first-order valence-electron chi connectivity index (χ1n) is 7.29. The SMILES string of the molecule is C#Cc1cc(F)cc2cccc(B3OC(C)(C)C(C)(C)O3)c12. The summed E-state index contributed by atoms with van der Waals surface area (Å²) in [4.78, 5) is 0. The molecule has 4 heteroatoms. The van der Waals surface area contributed by atoms with Crippen molar-refractivity contribution >= 4 is 23.4 Å². The molecule has 0 bridgehead atoms. The van der Waals surface area contributed by atoms with E-state index in [1.54, 1.807) is 0 Å². The molecule has 1 heterocycles. The Kier molecular flexibility index (Phi) is 3.32. The van der Waals surface area contributed by atoms with Gasteiger partial charge in [-0.3, -0.25) is 0 Å². The highest BCUT2D eigenvalue weighted by Crippen LogP contribution is 2.37. The second kappa shape index (κ2) is 4.84. The van der Waals surface area contributed by atoms with Crippen molar-refractivity contribution in [2.24, 2.45) is 0 Å². The summed E-state index contributed by atoms with van der Waals surface area (Å²) < 4.78 is 25.9. The first-order valence-corrected chi connectivity index (χ1v) is 7.29. The minimum Gasteiger partial charge on any atom is -0.399 e. The fourth-order valence-electron chi connectivity index (χ4n) is 2.70. The molecular formula is C18H18BFO2. The summed E-state index contributed by atoms with van der Waals surface area (Å²) in [6, 6.07) is 8.47. The molecule has 22 heavy (non-hydrogen) atoms. The van der Waals surface area contributed by atoms with Gasteiger partial charge in [0.15, 0.2) is 0 Å². The predicted octanol–water partition coefficient (Wildman–Crippen LogP) is 3.26. The van der Waals surface area contributed by atoms with Crippen molar-refractivity contribution in [3.63, 3.8) is 0 Å². The van der Waals surface area contributed by atoms with E-state index in [9.17, 15) is 4.39 Å². The molecule has 1 fully saturated rings. The second-order valence-electron chi connectivity index (χ2n) is 6.63. The maximum Gasteiger partial charge on any atom is 0.495 e. The highest BCUT2D eigenvalue weighted by Gasteiger charge is 2.52. The van der Waals surface area contributed by atoms with Crippen LogP contribution in [0.1, 0.15) is 33.3 Å². The van der Waals surface area contributed by atoms with Crippen LogP contribution in [-0.4, -0.2) is 18.3 Å². The number of terminal acetylenes is 1. The van der Waals surface area contributed by atoms with Gasteiger partial charge in [-0.05, 0) is 56.1 Å². The molecule has 0 N–H and O–H groups in total. The zero-order chi connectivity index (χ0) is 16.1. The van der Waals surface area contributed by atoms with Crippen LogP contribution in [0.25, 0.3) is 10.8 Å². The quantitative estimate of drug-likeness (QED) is 0.594. The summed E-state index contributed by atoms with van der Waals surface area (Å²) in [5, 5.41) is 1.56. The average molecular weight is 296 g/mol. The van der Waals surface area contributed by atoms with Crippen molar-refractivity contribution < 1.29 is 13.7 Å². The molecule has 0 radical (unpaired) electrons. The molecule has 2 aromatic rings. The van der Waals surface area contributed by atoms with Crippen LogP contribution in [0.4, 0.5) is 4.39 Å². The molecule has 0 unspecified atom stereocenters. The molecule has 1 saturated heterocycles. The van der Waals surface area contributed by atoms with Crippen LogP contribution in [0.2, 0.25) is 0 Å². The van der Waals surface area contributed by atoms with Gasteiger partial charge in [0.2, 0.25) is 0 Å². The van der Waals surface area contributed by atoms with Crippen LogP contribution in [-0.2, 0) is 9.31 Å². The minimum absolute atomic E-state index is 0.341. The monoisotopic (exact) mass is 296 g/mol. The zero-order valence-corrected chi connectivity index (χ0v) is 13.2. The standard InChI is InChI=1S/C18H18BFO2/c1-6-12-10-14(20)11-13-8-7-9-15(16(12)13)19-21-17(2,3)18(4,5)22-19/h1,7-11H,2-5H3. The van der Waals surface area contributed by atoms with Gasteiger partial charge in [0, 0.05) is 5.56 Å². The van der Waals surface area contributed by atoms with Gasteiger partial charge in [-0.2, -0.15) is 0 Å². The third-order valence-electron chi connectivity index (χ3n) is 4.64. The first-order chi connectivity index (χ1) is 10.2. The van der Waals surface area contributed by atoms with Crippen molar-refractivity contribution in [1.82, 2.24) is 0 Å². The molecule has 2 aromatic carbocycles. The number of benzene rings is 2. The van der Waals surface area contributed by atoms with Crippen molar-refractivity contribution in [1.29, 1.82) is 0 Å². The van der Waals surface area contributed by atoms with Crippen molar-refractivity contribution in [2.45, 2.75) is 38.9 Å². The Bertz CT molecular complexity index is 774. The van der Waals surface area contributed by atoms with Crippen molar-refractivity contribution in [2.75, 3.05) is 0 Å². The Morgan fingerprint density at radius 1 is 1.09 bits per heavy atom. The molecule has 0 aromatic heterocycles. The lowest BCUT2D eigenvalue weighted by Gasteiger charge is -2.32. The Morgan fingerprint density at radius 2 is 1.73 bits per heavy atom. The molecule has 112 valence electrons. The third kappa shape index (κ3) is 2.22. The van der Waals surface area contributed by atoms with Gasteiger partial charge < -0.3 is 9.31 Å². The van der Waals surface area contributed by atoms with E-state index in [-0.39, 0.29) is 5.82 Å². The number of fused-ring (bicyclic) bond motifs is 1. The van der Waals surface area contributed by atoms with E-state index in [1.165, 1.54) is 12.1 Å². The largest absolute Gasteiger partial charge is 0.495 e. The van der Waals surface area contributed by atoms with E-state index in [1.807, 2.05) is 45.9 Å². The lowest BCUT2D eigenvalue weighted by Crippen LogP contribution is -2.41. The van der Waals surface area contributed by atoms with Gasteiger partial charge in [0.25, 0.3) is 0 Å². The number of hydrogen-bond donors (Lipinski definition) is 0. The number of halogens is 1.